The van der Waals surface area contributed by atoms with E-state index in [0.717, 1.165) is 0 Å². The highest BCUT2D eigenvalue weighted by molar-refractivity contribution is 6.06. The Hall–Kier alpha value is -1.88. The molecule has 0 aromatic heterocycles. The van der Waals surface area contributed by atoms with Gasteiger partial charge in [0.2, 0.25) is 0 Å². The van der Waals surface area contributed by atoms with Crippen LogP contribution in [0.5, 0.6) is 0 Å². The van der Waals surface area contributed by atoms with E-state index in [0.29, 0.717) is 11.1 Å². The quantitative estimate of drug-likeness (QED) is 0.863. The second-order valence-electron chi connectivity index (χ2n) is 4.79. The summed E-state index contributed by atoms with van der Waals surface area (Å²) in [6, 6.07) is 3.41. The highest BCUT2D eigenvalue weighted by atomic mass is 16.4. The highest BCUT2D eigenvalue weighted by Gasteiger charge is 2.24. The van der Waals surface area contributed by atoms with Crippen LogP contribution in [0.3, 0.4) is 0 Å². The second-order valence-corrected chi connectivity index (χ2v) is 4.79. The summed E-state index contributed by atoms with van der Waals surface area (Å²) in [4.78, 5) is 25.0. The van der Waals surface area contributed by atoms with Gasteiger partial charge in [0.05, 0.1) is 17.2 Å². The van der Waals surface area contributed by atoms with E-state index >= 15 is 0 Å². The smallest absolute Gasteiger partial charge is 0.336 e. The lowest BCUT2D eigenvalue weighted by atomic mass is 9.96. The third-order valence-electron chi connectivity index (χ3n) is 2.93. The van der Waals surface area contributed by atoms with E-state index in [2.05, 4.69) is 0 Å². The molecule has 0 radical (unpaired) electrons. The minimum absolute atomic E-state index is 0.0300. The van der Waals surface area contributed by atoms with Crippen molar-refractivity contribution in [2.75, 3.05) is 13.6 Å². The molecule has 0 aliphatic rings. The number of benzene rings is 1. The minimum Gasteiger partial charge on any atom is -0.478 e. The topological polar surface area (TPSA) is 77.8 Å². The van der Waals surface area contributed by atoms with Gasteiger partial charge in [0.15, 0.2) is 0 Å². The number of likely N-dealkylation sites (N-methyl/N-ethyl adjacent to an activating group) is 1. The number of carboxylic acid groups (broad SMARTS) is 1. The molecule has 1 rings (SSSR count). The molecule has 0 saturated carbocycles. The first-order valence-corrected chi connectivity index (χ1v) is 6.02. The molecule has 0 bridgehead atoms. The largest absolute Gasteiger partial charge is 0.478 e. The monoisotopic (exact) mass is 265 g/mol. The van der Waals surface area contributed by atoms with Gasteiger partial charge in [-0.05, 0) is 31.9 Å². The van der Waals surface area contributed by atoms with Crippen LogP contribution in [0.25, 0.3) is 0 Å². The number of aryl methyl sites for hydroxylation is 2. The van der Waals surface area contributed by atoms with E-state index < -0.39 is 12.1 Å². The van der Waals surface area contributed by atoms with Crippen LogP contribution in [-0.4, -0.2) is 46.7 Å². The molecule has 1 aromatic carbocycles. The Labute approximate surface area is 112 Å². The van der Waals surface area contributed by atoms with Crippen LogP contribution in [0, 0.1) is 13.8 Å². The van der Waals surface area contributed by atoms with Crippen LogP contribution in [-0.2, 0) is 0 Å². The molecule has 2 N–H and O–H groups in total. The van der Waals surface area contributed by atoms with Crippen molar-refractivity contribution in [1.82, 2.24) is 4.90 Å². The van der Waals surface area contributed by atoms with E-state index in [1.54, 1.807) is 40.0 Å². The predicted molar refractivity (Wildman–Crippen MR) is 71.5 cm³/mol. The lowest BCUT2D eigenvalue weighted by Crippen LogP contribution is -2.34. The Morgan fingerprint density at radius 2 is 1.68 bits per heavy atom. The number of carboxylic acids is 1. The summed E-state index contributed by atoms with van der Waals surface area (Å²) in [5.74, 6) is -1.51. The molecule has 19 heavy (non-hydrogen) atoms. The van der Waals surface area contributed by atoms with Gasteiger partial charge in [0.1, 0.15) is 0 Å². The third kappa shape index (κ3) is 3.32. The summed E-state index contributed by atoms with van der Waals surface area (Å²) in [7, 11) is 1.54. The first-order valence-electron chi connectivity index (χ1n) is 6.02. The van der Waals surface area contributed by atoms with Gasteiger partial charge in [-0.3, -0.25) is 4.79 Å². The molecule has 0 saturated heterocycles. The maximum atomic E-state index is 12.3. The first-order chi connectivity index (χ1) is 8.75. The molecular formula is C14H19NO4. The molecule has 0 aliphatic carbocycles. The van der Waals surface area contributed by atoms with Crippen molar-refractivity contribution in [3.05, 3.63) is 34.4 Å². The molecule has 0 aliphatic heterocycles. The number of aliphatic hydroxyl groups excluding tert-OH is 1. The standard InChI is InChI=1S/C14H19NO4/c1-8-5-6-9(2)12(14(18)19)11(8)13(17)15(4)7-10(3)16/h5-6,10,16H,7H2,1-4H3,(H,18,19). The molecule has 5 nitrogen and oxygen atoms in total. The molecule has 5 heteroatoms. The summed E-state index contributed by atoms with van der Waals surface area (Å²) in [5, 5.41) is 18.6. The number of aliphatic hydroxyl groups is 1. The van der Waals surface area contributed by atoms with Crippen LogP contribution in [0.15, 0.2) is 12.1 Å². The fourth-order valence-electron chi connectivity index (χ4n) is 2.03. The van der Waals surface area contributed by atoms with E-state index in [1.165, 1.54) is 4.90 Å². The number of carbonyl (C=O) groups is 2. The zero-order valence-electron chi connectivity index (χ0n) is 11.6. The SMILES string of the molecule is Cc1ccc(C)c(C(=O)N(C)CC(C)O)c1C(=O)O. The number of rotatable bonds is 4. The Kier molecular flexibility index (Phi) is 4.67. The summed E-state index contributed by atoms with van der Waals surface area (Å²) in [5.41, 5.74) is 1.38. The van der Waals surface area contributed by atoms with Crippen molar-refractivity contribution in [3.8, 4) is 0 Å². The van der Waals surface area contributed by atoms with Crippen molar-refractivity contribution >= 4 is 11.9 Å². The Morgan fingerprint density at radius 3 is 2.11 bits per heavy atom. The fourth-order valence-corrected chi connectivity index (χ4v) is 2.03. The van der Waals surface area contributed by atoms with Crippen molar-refractivity contribution in [1.29, 1.82) is 0 Å². The molecule has 1 unspecified atom stereocenters. The molecule has 1 amide bonds. The lowest BCUT2D eigenvalue weighted by molar-refractivity contribution is 0.0660. The van der Waals surface area contributed by atoms with Crippen molar-refractivity contribution in [2.24, 2.45) is 0 Å². The number of aromatic carboxylic acids is 1. The van der Waals surface area contributed by atoms with Gasteiger partial charge in [0.25, 0.3) is 5.91 Å². The van der Waals surface area contributed by atoms with Crippen LogP contribution in [0.2, 0.25) is 0 Å². The predicted octanol–water partition coefficient (Wildman–Crippen LogP) is 1.45. The van der Waals surface area contributed by atoms with Gasteiger partial charge in [-0.15, -0.1) is 0 Å². The van der Waals surface area contributed by atoms with Crippen LogP contribution >= 0.6 is 0 Å². The van der Waals surface area contributed by atoms with Gasteiger partial charge in [-0.25, -0.2) is 4.79 Å². The van der Waals surface area contributed by atoms with Gasteiger partial charge in [-0.2, -0.15) is 0 Å². The Morgan fingerprint density at radius 1 is 1.21 bits per heavy atom. The average Bonchev–Trinajstić information content (AvgIpc) is 2.29. The number of nitrogens with zero attached hydrogens (tertiary/aromatic N) is 1. The number of carbonyl (C=O) groups excluding carboxylic acids is 1. The molecule has 1 aromatic rings. The zero-order chi connectivity index (χ0) is 14.7. The first kappa shape index (κ1) is 15.2. The molecule has 0 heterocycles. The lowest BCUT2D eigenvalue weighted by Gasteiger charge is -2.21. The maximum absolute atomic E-state index is 12.3. The Balaban J connectivity index is 3.29. The van der Waals surface area contributed by atoms with Crippen LogP contribution in [0.1, 0.15) is 38.8 Å². The van der Waals surface area contributed by atoms with E-state index in [-0.39, 0.29) is 23.6 Å². The zero-order valence-corrected chi connectivity index (χ0v) is 11.6. The normalized spacial score (nSPS) is 12.1. The molecule has 1 atom stereocenters. The molecule has 0 fully saturated rings. The molecule has 0 spiro atoms. The Bertz CT molecular complexity index is 508. The summed E-state index contributed by atoms with van der Waals surface area (Å²) >= 11 is 0. The van der Waals surface area contributed by atoms with E-state index in [4.69, 9.17) is 0 Å². The molecular weight excluding hydrogens is 246 g/mol. The van der Waals surface area contributed by atoms with E-state index in [9.17, 15) is 19.8 Å². The van der Waals surface area contributed by atoms with Gasteiger partial charge >= 0.3 is 5.97 Å². The summed E-state index contributed by atoms with van der Waals surface area (Å²) < 4.78 is 0. The van der Waals surface area contributed by atoms with Crippen LogP contribution < -0.4 is 0 Å². The minimum atomic E-state index is -1.12. The van der Waals surface area contributed by atoms with Crippen molar-refractivity contribution in [2.45, 2.75) is 26.9 Å². The van der Waals surface area contributed by atoms with Crippen LogP contribution in [0.4, 0.5) is 0 Å². The third-order valence-corrected chi connectivity index (χ3v) is 2.93. The number of hydrogen-bond acceptors (Lipinski definition) is 3. The summed E-state index contributed by atoms with van der Waals surface area (Å²) in [6.07, 6.45) is -0.660. The fraction of sp³-hybridized carbons (Fsp3) is 0.429. The average molecular weight is 265 g/mol. The van der Waals surface area contributed by atoms with E-state index in [1.807, 2.05) is 0 Å². The number of hydrogen-bond donors (Lipinski definition) is 2. The van der Waals surface area contributed by atoms with Crippen molar-refractivity contribution in [3.63, 3.8) is 0 Å². The van der Waals surface area contributed by atoms with Gasteiger partial charge < -0.3 is 15.1 Å². The van der Waals surface area contributed by atoms with Gasteiger partial charge in [0, 0.05) is 13.6 Å². The summed E-state index contributed by atoms with van der Waals surface area (Å²) in [6.45, 7) is 5.10. The van der Waals surface area contributed by atoms with Crippen molar-refractivity contribution < 1.29 is 19.8 Å². The molecule has 104 valence electrons. The highest BCUT2D eigenvalue weighted by Crippen LogP contribution is 2.20. The number of amides is 1. The van der Waals surface area contributed by atoms with Gasteiger partial charge in [-0.1, -0.05) is 12.1 Å². The second kappa shape index (κ2) is 5.84. The maximum Gasteiger partial charge on any atom is 0.336 e.